The Kier molecular flexibility index (Phi) is 5.39. The summed E-state index contributed by atoms with van der Waals surface area (Å²) in [4.78, 5) is 22.9. The van der Waals surface area contributed by atoms with E-state index >= 15 is 0 Å². The molecule has 1 aromatic carbocycles. The van der Waals surface area contributed by atoms with Crippen LogP contribution in [0.1, 0.15) is 18.4 Å². The fourth-order valence-corrected chi connectivity index (χ4v) is 1.88. The van der Waals surface area contributed by atoms with Gasteiger partial charge in [0, 0.05) is 18.7 Å². The lowest BCUT2D eigenvalue weighted by molar-refractivity contribution is -0.139. The van der Waals surface area contributed by atoms with E-state index in [1.165, 1.54) is 12.1 Å². The number of hydrogen-bond donors (Lipinski definition) is 2. The van der Waals surface area contributed by atoms with E-state index in [1.54, 1.807) is 12.1 Å². The van der Waals surface area contributed by atoms with Gasteiger partial charge in [-0.15, -0.1) is 0 Å². The molecule has 0 aliphatic carbocycles. The molecular weight excluding hydrogens is 277 g/mol. The van der Waals surface area contributed by atoms with Gasteiger partial charge in [0.2, 0.25) is 0 Å². The molecule has 1 heterocycles. The number of nitrogens with one attached hydrogen (secondary N) is 2. The number of rotatable bonds is 4. The first-order valence-corrected chi connectivity index (χ1v) is 6.64. The van der Waals surface area contributed by atoms with Crippen molar-refractivity contribution in [3.8, 4) is 0 Å². The molecule has 2 N–H and O–H groups in total. The Hall–Kier alpha value is -2.28. The summed E-state index contributed by atoms with van der Waals surface area (Å²) in [5, 5.41) is 6.01. The smallest absolute Gasteiger partial charge is 0.329 e. The van der Waals surface area contributed by atoms with Crippen molar-refractivity contribution in [2.45, 2.75) is 18.9 Å². The van der Waals surface area contributed by atoms with Gasteiger partial charge in [-0.05, 0) is 18.9 Å². The third-order valence-corrected chi connectivity index (χ3v) is 3.00. The van der Waals surface area contributed by atoms with Gasteiger partial charge in [0.15, 0.2) is 0 Å². The largest absolute Gasteiger partial charge is 0.376 e. The van der Waals surface area contributed by atoms with Gasteiger partial charge < -0.3 is 10.1 Å². The van der Waals surface area contributed by atoms with Crippen LogP contribution in [0, 0.1) is 5.82 Å². The Morgan fingerprint density at radius 2 is 2.19 bits per heavy atom. The van der Waals surface area contributed by atoms with Gasteiger partial charge in [0.1, 0.15) is 5.82 Å². The third-order valence-electron chi connectivity index (χ3n) is 3.00. The number of hydrazone groups is 1. The maximum absolute atomic E-state index is 13.3. The summed E-state index contributed by atoms with van der Waals surface area (Å²) < 4.78 is 18.6. The van der Waals surface area contributed by atoms with Crippen molar-refractivity contribution < 1.29 is 18.7 Å². The molecule has 0 unspecified atom stereocenters. The molecule has 7 heteroatoms. The highest BCUT2D eigenvalue weighted by atomic mass is 19.1. The quantitative estimate of drug-likeness (QED) is 0.484. The number of carbonyl (C=O) groups excluding carboxylic acids is 2. The van der Waals surface area contributed by atoms with Crippen molar-refractivity contribution in [3.63, 3.8) is 0 Å². The number of carbonyl (C=O) groups is 2. The Bertz CT molecular complexity index is 542. The predicted molar refractivity (Wildman–Crippen MR) is 74.1 cm³/mol. The summed E-state index contributed by atoms with van der Waals surface area (Å²) in [6, 6.07) is 5.96. The van der Waals surface area contributed by atoms with E-state index < -0.39 is 17.6 Å². The first-order chi connectivity index (χ1) is 10.2. The molecule has 1 aromatic rings. The van der Waals surface area contributed by atoms with Crippen molar-refractivity contribution in [1.29, 1.82) is 0 Å². The molecule has 2 amide bonds. The van der Waals surface area contributed by atoms with Gasteiger partial charge in [-0.2, -0.15) is 5.10 Å². The van der Waals surface area contributed by atoms with E-state index in [1.807, 2.05) is 5.43 Å². The number of hydrogen-bond acceptors (Lipinski definition) is 4. The van der Waals surface area contributed by atoms with Crippen molar-refractivity contribution in [3.05, 3.63) is 35.6 Å². The molecule has 1 saturated heterocycles. The highest BCUT2D eigenvalue weighted by Crippen LogP contribution is 2.10. The average Bonchev–Trinajstić information content (AvgIpc) is 3.00. The van der Waals surface area contributed by atoms with Crippen LogP contribution in [-0.4, -0.2) is 37.3 Å². The molecule has 0 spiro atoms. The van der Waals surface area contributed by atoms with Gasteiger partial charge in [-0.25, -0.2) is 9.82 Å². The van der Waals surface area contributed by atoms with Gasteiger partial charge in [-0.3, -0.25) is 9.59 Å². The van der Waals surface area contributed by atoms with Gasteiger partial charge in [-0.1, -0.05) is 18.2 Å². The van der Waals surface area contributed by atoms with Crippen LogP contribution in [0.4, 0.5) is 4.39 Å². The van der Waals surface area contributed by atoms with Crippen LogP contribution in [0.2, 0.25) is 0 Å². The molecule has 1 atom stereocenters. The number of benzene rings is 1. The molecule has 1 fully saturated rings. The molecule has 1 aliphatic heterocycles. The van der Waals surface area contributed by atoms with Crippen LogP contribution in [0.15, 0.2) is 29.4 Å². The first-order valence-electron chi connectivity index (χ1n) is 6.64. The molecule has 0 radical (unpaired) electrons. The monoisotopic (exact) mass is 293 g/mol. The Morgan fingerprint density at radius 3 is 2.90 bits per heavy atom. The van der Waals surface area contributed by atoms with E-state index in [2.05, 4.69) is 10.4 Å². The number of halogens is 1. The molecule has 2 rings (SSSR count). The van der Waals surface area contributed by atoms with Crippen molar-refractivity contribution in [2.75, 3.05) is 13.2 Å². The fraction of sp³-hybridized carbons (Fsp3) is 0.357. The highest BCUT2D eigenvalue weighted by molar-refractivity contribution is 6.35. The molecule has 0 bridgehead atoms. The molecule has 21 heavy (non-hydrogen) atoms. The molecule has 0 aromatic heterocycles. The summed E-state index contributed by atoms with van der Waals surface area (Å²) in [7, 11) is 0. The molecule has 0 saturated carbocycles. The maximum Gasteiger partial charge on any atom is 0.329 e. The van der Waals surface area contributed by atoms with Crippen molar-refractivity contribution >= 4 is 18.0 Å². The second-order valence-corrected chi connectivity index (χ2v) is 4.57. The van der Waals surface area contributed by atoms with Crippen LogP contribution in [0.3, 0.4) is 0 Å². The lowest BCUT2D eigenvalue weighted by Gasteiger charge is -2.09. The molecule has 1 aliphatic rings. The lowest BCUT2D eigenvalue weighted by atomic mass is 10.2. The Balaban J connectivity index is 1.75. The molecule has 112 valence electrons. The minimum atomic E-state index is -0.902. The molecular formula is C14H16FN3O3. The maximum atomic E-state index is 13.3. The van der Waals surface area contributed by atoms with Crippen molar-refractivity contribution in [2.24, 2.45) is 5.10 Å². The van der Waals surface area contributed by atoms with E-state index in [4.69, 9.17) is 4.74 Å². The van der Waals surface area contributed by atoms with Crippen LogP contribution >= 0.6 is 0 Å². The zero-order valence-electron chi connectivity index (χ0n) is 11.3. The summed E-state index contributed by atoms with van der Waals surface area (Å²) in [6.45, 7) is 0.975. The zero-order valence-corrected chi connectivity index (χ0v) is 11.3. The second-order valence-electron chi connectivity index (χ2n) is 4.57. The minimum Gasteiger partial charge on any atom is -0.376 e. The van der Waals surface area contributed by atoms with Gasteiger partial charge in [0.05, 0.1) is 12.3 Å². The van der Waals surface area contributed by atoms with Crippen LogP contribution in [0.25, 0.3) is 0 Å². The minimum absolute atomic E-state index is 0.0383. The standard InChI is InChI=1S/C14H16FN3O3/c15-12-6-2-1-4-10(12)8-17-18-14(20)13(19)16-9-11-5-3-7-21-11/h1-2,4,6,8,11H,3,5,7,9H2,(H,16,19)(H,18,20)/b17-8-/t11-/m1/s1. The topological polar surface area (TPSA) is 79.8 Å². The van der Waals surface area contributed by atoms with E-state index in [9.17, 15) is 14.0 Å². The normalized spacial score (nSPS) is 17.9. The van der Waals surface area contributed by atoms with E-state index in [0.717, 1.165) is 19.1 Å². The summed E-state index contributed by atoms with van der Waals surface area (Å²) in [5.41, 5.74) is 2.26. The fourth-order valence-electron chi connectivity index (χ4n) is 1.88. The average molecular weight is 293 g/mol. The van der Waals surface area contributed by atoms with Gasteiger partial charge in [0.25, 0.3) is 0 Å². The lowest BCUT2D eigenvalue weighted by Crippen LogP contribution is -2.41. The van der Waals surface area contributed by atoms with E-state index in [-0.39, 0.29) is 11.7 Å². The molecule has 6 nitrogen and oxygen atoms in total. The van der Waals surface area contributed by atoms with Crippen LogP contribution in [-0.2, 0) is 14.3 Å². The second kappa shape index (κ2) is 7.49. The van der Waals surface area contributed by atoms with Crippen LogP contribution < -0.4 is 10.7 Å². The highest BCUT2D eigenvalue weighted by Gasteiger charge is 2.18. The van der Waals surface area contributed by atoms with Crippen LogP contribution in [0.5, 0.6) is 0 Å². The Labute approximate surface area is 121 Å². The zero-order chi connectivity index (χ0) is 15.1. The Morgan fingerprint density at radius 1 is 1.38 bits per heavy atom. The summed E-state index contributed by atoms with van der Waals surface area (Å²) >= 11 is 0. The number of ether oxygens (including phenoxy) is 1. The third kappa shape index (κ3) is 4.64. The van der Waals surface area contributed by atoms with Crippen molar-refractivity contribution in [1.82, 2.24) is 10.7 Å². The summed E-state index contributed by atoms with van der Waals surface area (Å²) in [6.07, 6.45) is 2.93. The van der Waals surface area contributed by atoms with E-state index in [0.29, 0.717) is 13.2 Å². The SMILES string of the molecule is O=C(NC[C@H]1CCCO1)C(=O)N/N=C\c1ccccc1F. The first kappa shape index (κ1) is 15.1. The number of nitrogens with zero attached hydrogens (tertiary/aromatic N) is 1. The number of amides is 2. The predicted octanol–water partition coefficient (Wildman–Crippen LogP) is 0.571. The van der Waals surface area contributed by atoms with Gasteiger partial charge >= 0.3 is 11.8 Å². The summed E-state index contributed by atoms with van der Waals surface area (Å²) in [5.74, 6) is -2.16.